The fourth-order valence-electron chi connectivity index (χ4n) is 4.80. The van der Waals surface area contributed by atoms with E-state index in [2.05, 4.69) is 35.4 Å². The maximum Gasteiger partial charge on any atom is 0.233 e. The summed E-state index contributed by atoms with van der Waals surface area (Å²) < 4.78 is 45.8. The molecular weight excluding hydrogens is 542 g/mol. The van der Waals surface area contributed by atoms with Crippen molar-refractivity contribution >= 4 is 39.5 Å². The van der Waals surface area contributed by atoms with E-state index < -0.39 is 21.9 Å². The normalized spacial score (nSPS) is 22.8. The summed E-state index contributed by atoms with van der Waals surface area (Å²) in [5, 5.41) is 7.12. The molecule has 4 heterocycles. The first-order valence-electron chi connectivity index (χ1n) is 12.4. The number of thioether (sulfide) groups is 1. The number of aromatic nitrogens is 5. The highest BCUT2D eigenvalue weighted by molar-refractivity contribution is 8.15. The van der Waals surface area contributed by atoms with E-state index in [4.69, 9.17) is 19.7 Å². The van der Waals surface area contributed by atoms with Gasteiger partial charge < -0.3 is 25.0 Å². The van der Waals surface area contributed by atoms with Crippen LogP contribution in [-0.4, -0.2) is 48.7 Å². The molecule has 3 N–H and O–H groups in total. The van der Waals surface area contributed by atoms with Crippen LogP contribution in [0.3, 0.4) is 0 Å². The van der Waals surface area contributed by atoms with Gasteiger partial charge in [0.05, 0.1) is 23.9 Å². The minimum absolute atomic E-state index is 0.0530. The largest absolute Gasteiger partial charge is 0.468 e. The zero-order valence-corrected chi connectivity index (χ0v) is 23.3. The van der Waals surface area contributed by atoms with Crippen molar-refractivity contribution < 1.29 is 22.8 Å². The average Bonchev–Trinajstić information content (AvgIpc) is 3.33. The Morgan fingerprint density at radius 2 is 2.00 bits per heavy atom. The second-order valence-corrected chi connectivity index (χ2v) is 11.4. The fourth-order valence-corrected chi connectivity index (χ4v) is 6.10. The summed E-state index contributed by atoms with van der Waals surface area (Å²) in [4.78, 5) is 21.9. The lowest BCUT2D eigenvalue weighted by Crippen LogP contribution is -2.50. The monoisotopic (exact) mass is 570 g/mol. The fraction of sp³-hybridized carbons (Fsp3) is 0.385. The summed E-state index contributed by atoms with van der Waals surface area (Å²) in [5.41, 5.74) is 6.21. The van der Waals surface area contributed by atoms with E-state index in [0.717, 1.165) is 6.07 Å². The third kappa shape index (κ3) is 5.16. The number of methoxy groups -OCH3 is 1. The molecule has 0 saturated carbocycles. The van der Waals surface area contributed by atoms with Crippen LogP contribution in [0.5, 0.6) is 5.88 Å². The summed E-state index contributed by atoms with van der Waals surface area (Å²) >= 11 is 1.36. The first kappa shape index (κ1) is 27.6. The standard InChI is InChI=1S/C26H28F2N8O3S/c1-13-25(3,12-37-5)40-24(29)35-26(13,4)16-8-15(9-17(27)21(16)28)33-23-22-18(6-7-30-23)34-20(10-31-22)38-11-19-32-14(2)39-36-19/h6-10,13H,11-12H2,1-5H3,(H2,29,35)(H,30,33)/t13?,25-,26+/m1/s1. The van der Waals surface area contributed by atoms with Gasteiger partial charge in [0.15, 0.2) is 29.2 Å². The van der Waals surface area contributed by atoms with Crippen molar-refractivity contribution in [1.29, 1.82) is 0 Å². The van der Waals surface area contributed by atoms with Crippen LogP contribution in [0.15, 0.2) is 40.1 Å². The van der Waals surface area contributed by atoms with Gasteiger partial charge in [-0.2, -0.15) is 4.98 Å². The third-order valence-corrected chi connectivity index (χ3v) is 8.30. The number of pyridine rings is 1. The van der Waals surface area contributed by atoms with Gasteiger partial charge >= 0.3 is 0 Å². The number of rotatable bonds is 8. The number of hydrogen-bond donors (Lipinski definition) is 2. The van der Waals surface area contributed by atoms with Gasteiger partial charge in [0, 0.05) is 48.2 Å². The van der Waals surface area contributed by atoms with Gasteiger partial charge in [-0.3, -0.25) is 4.99 Å². The van der Waals surface area contributed by atoms with Gasteiger partial charge in [-0.1, -0.05) is 23.8 Å². The summed E-state index contributed by atoms with van der Waals surface area (Å²) in [7, 11) is 1.59. The SMILES string of the molecule is COC[C@@]1(C)SC(N)=N[C@](C)(c2cc(Nc3nccc4nc(OCc5noc(C)n5)cnc34)cc(F)c2F)C1C. The Morgan fingerprint density at radius 3 is 2.73 bits per heavy atom. The Morgan fingerprint density at radius 1 is 1.20 bits per heavy atom. The van der Waals surface area contributed by atoms with E-state index in [-0.39, 0.29) is 34.8 Å². The van der Waals surface area contributed by atoms with E-state index in [1.54, 1.807) is 27.0 Å². The summed E-state index contributed by atoms with van der Waals surface area (Å²) in [6.45, 7) is 7.74. The predicted molar refractivity (Wildman–Crippen MR) is 146 cm³/mol. The number of halogens is 2. The first-order chi connectivity index (χ1) is 19.0. The van der Waals surface area contributed by atoms with Crippen LogP contribution in [0.4, 0.5) is 20.3 Å². The molecule has 0 spiro atoms. The molecule has 4 aromatic rings. The maximum atomic E-state index is 15.4. The van der Waals surface area contributed by atoms with E-state index in [1.807, 2.05) is 13.8 Å². The molecule has 210 valence electrons. The van der Waals surface area contributed by atoms with Crippen molar-refractivity contribution in [3.8, 4) is 5.88 Å². The summed E-state index contributed by atoms with van der Waals surface area (Å²) in [6.07, 6.45) is 2.95. The highest BCUT2D eigenvalue weighted by Crippen LogP contribution is 2.51. The van der Waals surface area contributed by atoms with Crippen LogP contribution < -0.4 is 15.8 Å². The van der Waals surface area contributed by atoms with E-state index >= 15 is 8.78 Å². The van der Waals surface area contributed by atoms with Crippen molar-refractivity contribution in [3.63, 3.8) is 0 Å². The number of benzene rings is 1. The predicted octanol–water partition coefficient (Wildman–Crippen LogP) is 4.63. The number of aliphatic imine (C=N–C) groups is 1. The van der Waals surface area contributed by atoms with Crippen LogP contribution in [-0.2, 0) is 16.9 Å². The molecule has 0 aliphatic carbocycles. The van der Waals surface area contributed by atoms with Crippen molar-refractivity contribution in [2.24, 2.45) is 16.6 Å². The lowest BCUT2D eigenvalue weighted by atomic mass is 9.74. The molecule has 1 unspecified atom stereocenters. The van der Waals surface area contributed by atoms with Crippen LogP contribution in [0.1, 0.15) is 38.0 Å². The quantitative estimate of drug-likeness (QED) is 0.305. The van der Waals surface area contributed by atoms with Gasteiger partial charge in [0.1, 0.15) is 5.52 Å². The van der Waals surface area contributed by atoms with Crippen molar-refractivity contribution in [2.45, 2.75) is 44.6 Å². The number of nitrogens with zero attached hydrogens (tertiary/aromatic N) is 6. The van der Waals surface area contributed by atoms with Crippen LogP contribution in [0.25, 0.3) is 11.0 Å². The van der Waals surface area contributed by atoms with E-state index in [1.165, 1.54) is 30.2 Å². The molecule has 3 atom stereocenters. The molecule has 40 heavy (non-hydrogen) atoms. The highest BCUT2D eigenvalue weighted by atomic mass is 32.2. The number of hydrogen-bond acceptors (Lipinski definition) is 12. The molecule has 0 radical (unpaired) electrons. The third-order valence-electron chi connectivity index (χ3n) is 7.06. The Kier molecular flexibility index (Phi) is 7.31. The highest BCUT2D eigenvalue weighted by Gasteiger charge is 2.50. The van der Waals surface area contributed by atoms with Crippen molar-refractivity contribution in [3.05, 3.63) is 59.5 Å². The molecule has 1 aromatic carbocycles. The molecule has 0 amide bonds. The van der Waals surface area contributed by atoms with Gasteiger partial charge in [-0.15, -0.1) is 0 Å². The Labute approximate surface area is 233 Å². The molecule has 0 bridgehead atoms. The number of fused-ring (bicyclic) bond motifs is 1. The zero-order chi connectivity index (χ0) is 28.7. The van der Waals surface area contributed by atoms with Crippen molar-refractivity contribution in [1.82, 2.24) is 25.1 Å². The molecule has 5 rings (SSSR count). The molecule has 3 aromatic heterocycles. The van der Waals surface area contributed by atoms with Crippen LogP contribution in [0, 0.1) is 24.5 Å². The molecular formula is C26H28F2N8O3S. The first-order valence-corrected chi connectivity index (χ1v) is 13.2. The number of amidine groups is 1. The minimum Gasteiger partial charge on any atom is -0.468 e. The number of nitrogens with two attached hydrogens (primary N) is 1. The van der Waals surface area contributed by atoms with Gasteiger partial charge in [0.25, 0.3) is 0 Å². The van der Waals surface area contributed by atoms with Crippen LogP contribution in [0.2, 0.25) is 0 Å². The Hall–Kier alpha value is -3.91. The average molecular weight is 571 g/mol. The Bertz CT molecular complexity index is 1600. The summed E-state index contributed by atoms with van der Waals surface area (Å²) in [6, 6.07) is 4.24. The number of nitrogens with one attached hydrogen (secondary N) is 1. The maximum absolute atomic E-state index is 15.4. The van der Waals surface area contributed by atoms with Gasteiger partial charge in [0.2, 0.25) is 17.6 Å². The Balaban J connectivity index is 1.46. The van der Waals surface area contributed by atoms with Crippen molar-refractivity contribution in [2.75, 3.05) is 19.0 Å². The topological polar surface area (TPSA) is 146 Å². The van der Waals surface area contributed by atoms with E-state index in [9.17, 15) is 0 Å². The smallest absolute Gasteiger partial charge is 0.233 e. The zero-order valence-electron chi connectivity index (χ0n) is 22.5. The van der Waals surface area contributed by atoms with Gasteiger partial charge in [-0.05, 0) is 26.0 Å². The number of anilines is 2. The second kappa shape index (κ2) is 10.6. The molecule has 0 fully saturated rings. The molecule has 14 heteroatoms. The van der Waals surface area contributed by atoms with Gasteiger partial charge in [-0.25, -0.2) is 23.7 Å². The summed E-state index contributed by atoms with van der Waals surface area (Å²) in [5.74, 6) is -0.951. The lowest BCUT2D eigenvalue weighted by molar-refractivity contribution is 0.124. The molecule has 1 aliphatic heterocycles. The molecule has 0 saturated heterocycles. The number of aryl methyl sites for hydroxylation is 1. The molecule has 11 nitrogen and oxygen atoms in total. The molecule has 1 aliphatic rings. The van der Waals surface area contributed by atoms with Crippen LogP contribution >= 0.6 is 11.8 Å². The minimum atomic E-state index is -1.17. The van der Waals surface area contributed by atoms with E-state index in [0.29, 0.717) is 35.2 Å². The second-order valence-electron chi connectivity index (χ2n) is 9.87. The number of ether oxygens (including phenoxy) is 2. The lowest BCUT2D eigenvalue weighted by Gasteiger charge is -2.47.